The molecule has 0 aromatic heterocycles. The van der Waals surface area contributed by atoms with E-state index in [1.807, 2.05) is 6.92 Å². The Morgan fingerprint density at radius 1 is 1.17 bits per heavy atom. The van der Waals surface area contributed by atoms with Gasteiger partial charge in [-0.2, -0.15) is 4.72 Å². The summed E-state index contributed by atoms with van der Waals surface area (Å²) in [6.45, 7) is 3.33. The van der Waals surface area contributed by atoms with E-state index in [0.29, 0.717) is 6.42 Å². The zero-order valence-electron chi connectivity index (χ0n) is 13.0. The monoisotopic (exact) mass is 363 g/mol. The summed E-state index contributed by atoms with van der Waals surface area (Å²) in [5.74, 6) is -1.42. The Morgan fingerprint density at radius 2 is 1.78 bits per heavy atom. The fourth-order valence-corrected chi connectivity index (χ4v) is 4.17. The van der Waals surface area contributed by atoms with Gasteiger partial charge in [-0.15, -0.1) is 0 Å². The Morgan fingerprint density at radius 3 is 2.30 bits per heavy atom. The Labute approximate surface area is 136 Å². The molecule has 0 radical (unpaired) electrons. The van der Waals surface area contributed by atoms with Crippen molar-refractivity contribution in [3.05, 3.63) is 24.3 Å². The minimum Gasteiger partial charge on any atom is -0.480 e. The van der Waals surface area contributed by atoms with Crippen molar-refractivity contribution in [1.29, 1.82) is 0 Å². The fourth-order valence-electron chi connectivity index (χ4n) is 1.90. The number of benzene rings is 1. The average molecular weight is 363 g/mol. The van der Waals surface area contributed by atoms with Crippen LogP contribution in [0.5, 0.6) is 0 Å². The molecule has 23 heavy (non-hydrogen) atoms. The van der Waals surface area contributed by atoms with Crippen molar-refractivity contribution >= 4 is 25.8 Å². The summed E-state index contributed by atoms with van der Waals surface area (Å²) in [5.41, 5.74) is 0. The number of hydrogen-bond donors (Lipinski definition) is 2. The summed E-state index contributed by atoms with van der Waals surface area (Å²) in [5, 5.41) is 9.11. The molecular weight excluding hydrogens is 342 g/mol. The van der Waals surface area contributed by atoms with E-state index in [1.165, 1.54) is 25.1 Å². The molecule has 0 aliphatic rings. The molecule has 0 heterocycles. The summed E-state index contributed by atoms with van der Waals surface area (Å²) in [6.07, 6.45) is 1.46. The van der Waals surface area contributed by atoms with Gasteiger partial charge in [-0.25, -0.2) is 16.8 Å². The molecule has 2 N–H and O–H groups in total. The highest BCUT2D eigenvalue weighted by molar-refractivity contribution is 7.91. The molecule has 0 unspecified atom stereocenters. The molecule has 1 atom stereocenters. The Bertz CT molecular complexity index is 755. The highest BCUT2D eigenvalue weighted by atomic mass is 32.2. The number of unbranched alkanes of at least 4 members (excludes halogenated alkanes) is 1. The van der Waals surface area contributed by atoms with Gasteiger partial charge in [0.1, 0.15) is 6.04 Å². The van der Waals surface area contributed by atoms with Gasteiger partial charge in [0.25, 0.3) is 0 Å². The Balaban J connectivity index is 3.13. The van der Waals surface area contributed by atoms with Gasteiger partial charge in [0, 0.05) is 0 Å². The lowest BCUT2D eigenvalue weighted by Gasteiger charge is -2.15. The van der Waals surface area contributed by atoms with Crippen LogP contribution >= 0.6 is 0 Å². The van der Waals surface area contributed by atoms with Crippen LogP contribution in [0.3, 0.4) is 0 Å². The average Bonchev–Trinajstić information content (AvgIpc) is 2.51. The summed E-state index contributed by atoms with van der Waals surface area (Å²) >= 11 is 0. The third kappa shape index (κ3) is 5.29. The van der Waals surface area contributed by atoms with Crippen LogP contribution in [-0.4, -0.2) is 39.7 Å². The highest BCUT2D eigenvalue weighted by Crippen LogP contribution is 2.17. The first-order chi connectivity index (χ1) is 10.6. The van der Waals surface area contributed by atoms with Crippen molar-refractivity contribution in [2.45, 2.75) is 48.9 Å². The molecule has 0 aliphatic carbocycles. The van der Waals surface area contributed by atoms with Crippen molar-refractivity contribution in [2.24, 2.45) is 0 Å². The molecule has 9 heteroatoms. The maximum atomic E-state index is 12.3. The normalized spacial score (nSPS) is 13.7. The molecule has 0 aliphatic heterocycles. The molecule has 0 spiro atoms. The van der Waals surface area contributed by atoms with Gasteiger partial charge >= 0.3 is 5.97 Å². The van der Waals surface area contributed by atoms with Gasteiger partial charge in [0.15, 0.2) is 9.84 Å². The van der Waals surface area contributed by atoms with E-state index in [1.54, 1.807) is 0 Å². The van der Waals surface area contributed by atoms with Crippen LogP contribution in [0.15, 0.2) is 34.1 Å². The third-order valence-corrected chi connectivity index (χ3v) is 6.50. The van der Waals surface area contributed by atoms with Crippen LogP contribution in [0.4, 0.5) is 0 Å². The van der Waals surface area contributed by atoms with Crippen LogP contribution in [0.1, 0.15) is 33.1 Å². The predicted octanol–water partition coefficient (Wildman–Crippen LogP) is 1.40. The van der Waals surface area contributed by atoms with Gasteiger partial charge in [0.2, 0.25) is 10.0 Å². The first-order valence-corrected chi connectivity index (χ1v) is 10.4. The fraction of sp³-hybridized carbons (Fsp3) is 0.500. The lowest BCUT2D eigenvalue weighted by molar-refractivity contribution is -0.139. The number of rotatable bonds is 9. The van der Waals surface area contributed by atoms with E-state index >= 15 is 0 Å². The van der Waals surface area contributed by atoms with Crippen molar-refractivity contribution in [3.8, 4) is 0 Å². The first-order valence-electron chi connectivity index (χ1n) is 7.22. The van der Waals surface area contributed by atoms with Crippen LogP contribution in [0.25, 0.3) is 0 Å². The van der Waals surface area contributed by atoms with Crippen LogP contribution < -0.4 is 4.72 Å². The van der Waals surface area contributed by atoms with Crippen molar-refractivity contribution < 1.29 is 26.7 Å². The molecule has 0 bridgehead atoms. The van der Waals surface area contributed by atoms with E-state index in [-0.39, 0.29) is 22.0 Å². The molecule has 1 aromatic carbocycles. The summed E-state index contributed by atoms with van der Waals surface area (Å²) in [7, 11) is -7.67. The first kappa shape index (κ1) is 19.6. The molecule has 0 fully saturated rings. The van der Waals surface area contributed by atoms with Gasteiger partial charge in [-0.1, -0.05) is 32.8 Å². The van der Waals surface area contributed by atoms with Crippen molar-refractivity contribution in [1.82, 2.24) is 4.72 Å². The van der Waals surface area contributed by atoms with E-state index in [0.717, 1.165) is 12.5 Å². The maximum absolute atomic E-state index is 12.3. The largest absolute Gasteiger partial charge is 0.480 e. The second kappa shape index (κ2) is 7.89. The smallest absolute Gasteiger partial charge is 0.321 e. The zero-order chi connectivity index (χ0) is 17.7. The zero-order valence-corrected chi connectivity index (χ0v) is 14.7. The summed E-state index contributed by atoms with van der Waals surface area (Å²) in [4.78, 5) is 10.8. The second-order valence-corrected chi connectivity index (χ2v) is 9.02. The van der Waals surface area contributed by atoms with E-state index < -0.39 is 31.9 Å². The Kier molecular flexibility index (Phi) is 6.72. The number of hydrogen-bond acceptors (Lipinski definition) is 5. The van der Waals surface area contributed by atoms with Crippen LogP contribution in [0.2, 0.25) is 0 Å². The van der Waals surface area contributed by atoms with Crippen LogP contribution in [-0.2, 0) is 24.7 Å². The lowest BCUT2D eigenvalue weighted by atomic mass is 10.1. The molecule has 7 nitrogen and oxygen atoms in total. The second-order valence-electron chi connectivity index (χ2n) is 5.03. The number of carbonyl (C=O) groups is 1. The van der Waals surface area contributed by atoms with Gasteiger partial charge in [-0.3, -0.25) is 4.79 Å². The number of sulfonamides is 1. The number of sulfone groups is 1. The minimum atomic E-state index is -4.12. The standard InChI is InChI=1S/C14H21NO6S2/c1-3-5-9-13(14(16)17)15-23(20,21)12-8-6-7-11(10-12)22(18,19)4-2/h6-8,10,13,15H,3-5,9H2,1-2H3,(H,16,17)/t13-/m0/s1. The molecule has 0 amide bonds. The Hall–Kier alpha value is -1.45. The molecule has 130 valence electrons. The number of nitrogens with one attached hydrogen (secondary N) is 1. The third-order valence-electron chi connectivity index (χ3n) is 3.30. The molecular formula is C14H21NO6S2. The van der Waals surface area contributed by atoms with Gasteiger partial charge in [0.05, 0.1) is 15.5 Å². The van der Waals surface area contributed by atoms with Crippen molar-refractivity contribution in [3.63, 3.8) is 0 Å². The number of carboxylic acids is 1. The maximum Gasteiger partial charge on any atom is 0.321 e. The predicted molar refractivity (Wildman–Crippen MR) is 85.4 cm³/mol. The minimum absolute atomic E-state index is 0.108. The summed E-state index contributed by atoms with van der Waals surface area (Å²) < 4.78 is 50.4. The molecule has 1 aromatic rings. The van der Waals surface area contributed by atoms with E-state index in [4.69, 9.17) is 5.11 Å². The van der Waals surface area contributed by atoms with Gasteiger partial charge in [-0.05, 0) is 24.6 Å². The topological polar surface area (TPSA) is 118 Å². The van der Waals surface area contributed by atoms with E-state index in [9.17, 15) is 21.6 Å². The van der Waals surface area contributed by atoms with Gasteiger partial charge < -0.3 is 5.11 Å². The van der Waals surface area contributed by atoms with E-state index in [2.05, 4.69) is 4.72 Å². The lowest BCUT2D eigenvalue weighted by Crippen LogP contribution is -2.40. The van der Waals surface area contributed by atoms with Crippen LogP contribution in [0, 0.1) is 0 Å². The SMILES string of the molecule is CCCC[C@H](NS(=O)(=O)c1cccc(S(=O)(=O)CC)c1)C(=O)O. The quantitative estimate of drug-likeness (QED) is 0.685. The highest BCUT2D eigenvalue weighted by Gasteiger charge is 2.25. The molecule has 0 saturated carbocycles. The van der Waals surface area contributed by atoms with Crippen molar-refractivity contribution in [2.75, 3.05) is 5.75 Å². The summed E-state index contributed by atoms with van der Waals surface area (Å²) in [6, 6.07) is 3.66. The molecule has 0 saturated heterocycles. The number of carboxylic acid groups (broad SMARTS) is 1. The molecule has 1 rings (SSSR count). The number of aliphatic carboxylic acids is 1.